The highest BCUT2D eigenvalue weighted by Crippen LogP contribution is 1.92. The molecule has 0 aliphatic rings. The van der Waals surface area contributed by atoms with Crippen molar-refractivity contribution in [1.29, 1.82) is 5.26 Å². The number of aromatic nitrogens is 2. The number of hydrogen-bond acceptors (Lipinski definition) is 4. The van der Waals surface area contributed by atoms with Crippen LogP contribution in [0.3, 0.4) is 0 Å². The minimum absolute atomic E-state index is 0. The number of carbonyl (C=O) groups is 1. The zero-order valence-corrected chi connectivity index (χ0v) is 15.4. The average Bonchev–Trinajstić information content (AvgIpc) is 2.68. The van der Waals surface area contributed by atoms with Gasteiger partial charge in [-0.25, -0.2) is 4.98 Å². The largest absolute Gasteiger partial charge is 0.293 e. The van der Waals surface area contributed by atoms with Gasteiger partial charge in [0, 0.05) is 19.3 Å². The maximum atomic E-state index is 10.6. The maximum absolute atomic E-state index is 10.6. The molecule has 0 aliphatic heterocycles. The van der Waals surface area contributed by atoms with Gasteiger partial charge < -0.3 is 0 Å². The first-order valence-electron chi connectivity index (χ1n) is 7.97. The molecule has 27 heavy (non-hydrogen) atoms. The zero-order chi connectivity index (χ0) is 18.5. The molecule has 2 rings (SSSR count). The summed E-state index contributed by atoms with van der Waals surface area (Å²) >= 11 is 0. The first kappa shape index (κ1) is 44.2. The molecule has 0 saturated heterocycles. The molecule has 0 aliphatic carbocycles. The summed E-state index contributed by atoms with van der Waals surface area (Å²) in [5.41, 5.74) is 0.991. The molecular formula is C23H45N3O. The van der Waals surface area contributed by atoms with Gasteiger partial charge in [-0.2, -0.15) is 5.26 Å². The first-order chi connectivity index (χ1) is 11.2. The topological polar surface area (TPSA) is 66.6 Å². The van der Waals surface area contributed by atoms with Crippen molar-refractivity contribution in [2.75, 3.05) is 0 Å². The van der Waals surface area contributed by atoms with Crippen LogP contribution in [0.25, 0.3) is 0 Å². The Labute approximate surface area is 170 Å². The van der Waals surface area contributed by atoms with Crippen molar-refractivity contribution in [3.8, 4) is 6.07 Å². The van der Waals surface area contributed by atoms with Crippen LogP contribution in [-0.2, 0) is 0 Å². The second-order valence-corrected chi connectivity index (χ2v) is 3.10. The quantitative estimate of drug-likeness (QED) is 0.473. The standard InChI is InChI=1S/C7H7NO.C6H4N2.3C2H6.4CH4/c1-6(9)7-4-2-3-5-8-7;7-5-6-3-1-2-4-8-6;3*1-2;;;;/h2-5H,1H3;1-4H;3*1-2H3;4*1H4. The molecule has 0 aromatic carbocycles. The highest BCUT2D eigenvalue weighted by molar-refractivity contribution is 5.91. The van der Waals surface area contributed by atoms with E-state index in [1.807, 2.05) is 47.6 Å². The van der Waals surface area contributed by atoms with Gasteiger partial charge in [0.1, 0.15) is 17.5 Å². The molecular weight excluding hydrogens is 334 g/mol. The average molecular weight is 380 g/mol. The van der Waals surface area contributed by atoms with E-state index in [1.54, 1.807) is 48.8 Å². The van der Waals surface area contributed by atoms with Gasteiger partial charge in [-0.1, -0.05) is 83.4 Å². The lowest BCUT2D eigenvalue weighted by molar-refractivity contribution is 0.101. The van der Waals surface area contributed by atoms with E-state index in [1.165, 1.54) is 6.92 Å². The van der Waals surface area contributed by atoms with E-state index in [2.05, 4.69) is 9.97 Å². The van der Waals surface area contributed by atoms with Gasteiger partial charge in [0.2, 0.25) is 0 Å². The summed E-state index contributed by atoms with van der Waals surface area (Å²) in [6.45, 7) is 13.5. The third-order valence-electron chi connectivity index (χ3n) is 1.81. The smallest absolute Gasteiger partial charge is 0.178 e. The molecule has 0 bridgehead atoms. The Morgan fingerprint density at radius 3 is 1.37 bits per heavy atom. The van der Waals surface area contributed by atoms with Crippen LogP contribution < -0.4 is 0 Å². The fraction of sp³-hybridized carbons (Fsp3) is 0.478. The number of ketones is 1. The lowest BCUT2D eigenvalue weighted by Gasteiger charge is -1.88. The number of Topliss-reactive ketones (excluding diaryl/α,β-unsaturated/α-hetero) is 1. The lowest BCUT2D eigenvalue weighted by atomic mass is 10.3. The molecule has 0 N–H and O–H groups in total. The molecule has 0 radical (unpaired) electrons. The summed E-state index contributed by atoms with van der Waals surface area (Å²) < 4.78 is 0. The summed E-state index contributed by atoms with van der Waals surface area (Å²) in [5.74, 6) is 0.00981. The zero-order valence-electron chi connectivity index (χ0n) is 15.4. The maximum Gasteiger partial charge on any atom is 0.178 e. The molecule has 0 spiro atoms. The Bertz CT molecular complexity index is 506. The van der Waals surface area contributed by atoms with Crippen LogP contribution in [0.1, 0.15) is 94.4 Å². The predicted octanol–water partition coefficient (Wildman–Crippen LogP) is 7.86. The second-order valence-electron chi connectivity index (χ2n) is 3.10. The molecule has 2 aromatic heterocycles. The summed E-state index contributed by atoms with van der Waals surface area (Å²) in [7, 11) is 0. The summed E-state index contributed by atoms with van der Waals surface area (Å²) in [5, 5.41) is 8.23. The van der Waals surface area contributed by atoms with Crippen molar-refractivity contribution in [2.24, 2.45) is 0 Å². The van der Waals surface area contributed by atoms with Gasteiger partial charge in [-0.3, -0.25) is 9.78 Å². The Kier molecular flexibility index (Phi) is 63.5. The number of rotatable bonds is 1. The number of hydrogen-bond donors (Lipinski definition) is 0. The molecule has 0 amide bonds. The van der Waals surface area contributed by atoms with Gasteiger partial charge in [0.05, 0.1) is 0 Å². The van der Waals surface area contributed by atoms with Crippen LogP contribution in [-0.4, -0.2) is 15.8 Å². The van der Waals surface area contributed by atoms with Crippen molar-refractivity contribution in [3.05, 3.63) is 60.2 Å². The minimum Gasteiger partial charge on any atom is -0.293 e. The third kappa shape index (κ3) is 28.5. The SMILES string of the molecule is C.C.C.C.CC.CC.CC.CC(=O)c1ccccn1.N#Cc1ccccn1. The van der Waals surface area contributed by atoms with E-state index >= 15 is 0 Å². The first-order valence-corrected chi connectivity index (χ1v) is 7.97. The molecule has 158 valence electrons. The Morgan fingerprint density at radius 1 is 0.778 bits per heavy atom. The Morgan fingerprint density at radius 2 is 1.19 bits per heavy atom. The van der Waals surface area contributed by atoms with Gasteiger partial charge in [-0.05, 0) is 24.3 Å². The van der Waals surface area contributed by atoms with E-state index in [4.69, 9.17) is 5.26 Å². The van der Waals surface area contributed by atoms with Crippen LogP contribution >= 0.6 is 0 Å². The highest BCUT2D eigenvalue weighted by Gasteiger charge is 1.94. The third-order valence-corrected chi connectivity index (χ3v) is 1.81. The highest BCUT2D eigenvalue weighted by atomic mass is 16.1. The Balaban J connectivity index is -0.0000000416. The second kappa shape index (κ2) is 38.8. The van der Waals surface area contributed by atoms with Crippen LogP contribution in [0.15, 0.2) is 48.8 Å². The summed E-state index contributed by atoms with van der Waals surface area (Å²) in [6, 6.07) is 12.4. The number of carbonyl (C=O) groups excluding carboxylic acids is 1. The minimum atomic E-state index is 0. The number of pyridine rings is 2. The van der Waals surface area contributed by atoms with Crippen molar-refractivity contribution >= 4 is 5.78 Å². The van der Waals surface area contributed by atoms with Crippen molar-refractivity contribution in [3.63, 3.8) is 0 Å². The van der Waals surface area contributed by atoms with E-state index < -0.39 is 0 Å². The summed E-state index contributed by atoms with van der Waals surface area (Å²) in [4.78, 5) is 18.1. The van der Waals surface area contributed by atoms with E-state index in [0.29, 0.717) is 11.4 Å². The molecule has 2 aromatic rings. The van der Waals surface area contributed by atoms with Gasteiger partial charge >= 0.3 is 0 Å². The molecule has 2 heterocycles. The molecule has 4 nitrogen and oxygen atoms in total. The van der Waals surface area contributed by atoms with Crippen LogP contribution in [0.5, 0.6) is 0 Å². The lowest BCUT2D eigenvalue weighted by Crippen LogP contribution is -1.93. The van der Waals surface area contributed by atoms with Gasteiger partial charge in [-0.15, -0.1) is 0 Å². The molecule has 0 atom stereocenters. The Hall–Kier alpha value is -2.54. The fourth-order valence-electron chi connectivity index (χ4n) is 1.000. The molecule has 0 unspecified atom stereocenters. The van der Waals surface area contributed by atoms with E-state index in [9.17, 15) is 4.79 Å². The fourth-order valence-corrected chi connectivity index (χ4v) is 1.000. The van der Waals surface area contributed by atoms with Crippen molar-refractivity contribution in [2.45, 2.75) is 78.2 Å². The van der Waals surface area contributed by atoms with E-state index in [0.717, 1.165) is 0 Å². The molecule has 0 fully saturated rings. The van der Waals surface area contributed by atoms with Crippen LogP contribution in [0, 0.1) is 11.3 Å². The van der Waals surface area contributed by atoms with Gasteiger partial charge in [0.25, 0.3) is 0 Å². The number of nitriles is 1. The van der Waals surface area contributed by atoms with Crippen LogP contribution in [0.4, 0.5) is 0 Å². The summed E-state index contributed by atoms with van der Waals surface area (Å²) in [6.07, 6.45) is 3.20. The van der Waals surface area contributed by atoms with E-state index in [-0.39, 0.29) is 35.5 Å². The van der Waals surface area contributed by atoms with Gasteiger partial charge in [0.15, 0.2) is 5.78 Å². The monoisotopic (exact) mass is 379 g/mol. The number of nitrogens with zero attached hydrogens (tertiary/aromatic N) is 3. The van der Waals surface area contributed by atoms with Crippen molar-refractivity contribution < 1.29 is 4.79 Å². The van der Waals surface area contributed by atoms with Crippen LogP contribution in [0.2, 0.25) is 0 Å². The normalized spacial score (nSPS) is 6.00. The molecule has 0 saturated carbocycles. The van der Waals surface area contributed by atoms with Crippen molar-refractivity contribution in [1.82, 2.24) is 9.97 Å². The predicted molar refractivity (Wildman–Crippen MR) is 124 cm³/mol. The molecule has 4 heteroatoms.